The van der Waals surface area contributed by atoms with Gasteiger partial charge in [-0.25, -0.2) is 9.97 Å². The van der Waals surface area contributed by atoms with E-state index >= 15 is 0 Å². The molecule has 0 spiro atoms. The Bertz CT molecular complexity index is 474. The zero-order valence-corrected chi connectivity index (χ0v) is 9.19. The molecule has 0 fully saturated rings. The summed E-state index contributed by atoms with van der Waals surface area (Å²) in [4.78, 5) is 8.65. The quantitative estimate of drug-likeness (QED) is 0.713. The number of hydrogen-bond donors (Lipinski definition) is 0. The Morgan fingerprint density at radius 3 is 2.40 bits per heavy atom. The molecule has 0 aliphatic heterocycles. The van der Waals surface area contributed by atoms with Crippen LogP contribution >= 0.6 is 0 Å². The molecule has 0 atom stereocenters. The first kappa shape index (κ1) is 9.90. The molecule has 0 amide bonds. The monoisotopic (exact) mass is 202 g/mol. The second-order valence-electron chi connectivity index (χ2n) is 4.41. The fourth-order valence-corrected chi connectivity index (χ4v) is 1.30. The van der Waals surface area contributed by atoms with Crippen molar-refractivity contribution in [1.82, 2.24) is 9.97 Å². The molecule has 2 aromatic rings. The minimum absolute atomic E-state index is 0.239. The third-order valence-corrected chi connectivity index (χ3v) is 1.84. The number of hydrogen-bond acceptors (Lipinski definition) is 3. The highest BCUT2D eigenvalue weighted by Crippen LogP contribution is 2.17. The van der Waals surface area contributed by atoms with Gasteiger partial charge in [-0.3, -0.25) is 0 Å². The van der Waals surface area contributed by atoms with E-state index in [1.807, 2.05) is 45.0 Å². The van der Waals surface area contributed by atoms with Crippen LogP contribution in [-0.2, 0) is 0 Å². The molecule has 1 heterocycles. The lowest BCUT2D eigenvalue weighted by Crippen LogP contribution is -2.23. The van der Waals surface area contributed by atoms with E-state index in [4.69, 9.17) is 4.74 Å². The lowest BCUT2D eigenvalue weighted by Gasteiger charge is -2.19. The molecule has 0 aliphatic rings. The van der Waals surface area contributed by atoms with Gasteiger partial charge in [-0.1, -0.05) is 12.1 Å². The maximum atomic E-state index is 5.64. The van der Waals surface area contributed by atoms with Gasteiger partial charge in [0, 0.05) is 0 Å². The summed E-state index contributed by atoms with van der Waals surface area (Å²) in [5.74, 6) is 0.571. The highest BCUT2D eigenvalue weighted by atomic mass is 16.5. The first-order chi connectivity index (χ1) is 7.04. The van der Waals surface area contributed by atoms with E-state index in [9.17, 15) is 0 Å². The van der Waals surface area contributed by atoms with Crippen molar-refractivity contribution in [2.45, 2.75) is 26.4 Å². The van der Waals surface area contributed by atoms with Gasteiger partial charge in [0.2, 0.25) is 5.88 Å². The Balaban J connectivity index is 2.39. The number of fused-ring (bicyclic) bond motifs is 1. The summed E-state index contributed by atoms with van der Waals surface area (Å²) in [5.41, 5.74) is 1.51. The molecule has 3 nitrogen and oxygen atoms in total. The van der Waals surface area contributed by atoms with Crippen molar-refractivity contribution in [1.29, 1.82) is 0 Å². The van der Waals surface area contributed by atoms with E-state index < -0.39 is 0 Å². The summed E-state index contributed by atoms with van der Waals surface area (Å²) in [7, 11) is 0. The van der Waals surface area contributed by atoms with Crippen LogP contribution < -0.4 is 4.74 Å². The third-order valence-electron chi connectivity index (χ3n) is 1.84. The fourth-order valence-electron chi connectivity index (χ4n) is 1.30. The Hall–Kier alpha value is -1.64. The SMILES string of the molecule is CC(C)(C)Oc1cnc2ccccc2n1. The predicted molar refractivity (Wildman–Crippen MR) is 59.9 cm³/mol. The average Bonchev–Trinajstić information content (AvgIpc) is 2.15. The molecule has 0 saturated heterocycles. The second-order valence-corrected chi connectivity index (χ2v) is 4.41. The summed E-state index contributed by atoms with van der Waals surface area (Å²) in [5, 5.41) is 0. The summed E-state index contributed by atoms with van der Waals surface area (Å²) in [6, 6.07) is 7.75. The largest absolute Gasteiger partial charge is 0.471 e. The summed E-state index contributed by atoms with van der Waals surface area (Å²) < 4.78 is 5.64. The Labute approximate surface area is 89.1 Å². The third kappa shape index (κ3) is 2.43. The van der Waals surface area contributed by atoms with Crippen LogP contribution in [0.5, 0.6) is 5.88 Å². The number of para-hydroxylation sites is 2. The van der Waals surface area contributed by atoms with E-state index in [1.165, 1.54) is 0 Å². The van der Waals surface area contributed by atoms with Gasteiger partial charge < -0.3 is 4.74 Å². The maximum Gasteiger partial charge on any atom is 0.233 e. The van der Waals surface area contributed by atoms with E-state index in [0.717, 1.165) is 11.0 Å². The smallest absolute Gasteiger partial charge is 0.233 e. The van der Waals surface area contributed by atoms with Crippen molar-refractivity contribution in [3.8, 4) is 5.88 Å². The molecule has 0 aliphatic carbocycles. The van der Waals surface area contributed by atoms with Crippen LogP contribution in [0.4, 0.5) is 0 Å². The molecule has 2 rings (SSSR count). The summed E-state index contributed by atoms with van der Waals surface area (Å²) >= 11 is 0. The Morgan fingerprint density at radius 2 is 1.73 bits per heavy atom. The standard InChI is InChI=1S/C12H14N2O/c1-12(2,3)15-11-8-13-9-6-4-5-7-10(9)14-11/h4-8H,1-3H3. The Kier molecular flexibility index (Phi) is 2.31. The molecule has 0 radical (unpaired) electrons. The van der Waals surface area contributed by atoms with Crippen LogP contribution in [0.25, 0.3) is 11.0 Å². The molecule has 0 saturated carbocycles. The molecule has 0 bridgehead atoms. The summed E-state index contributed by atoms with van der Waals surface area (Å²) in [6.07, 6.45) is 1.66. The van der Waals surface area contributed by atoms with Gasteiger partial charge in [-0.15, -0.1) is 0 Å². The lowest BCUT2D eigenvalue weighted by molar-refractivity contribution is 0.124. The van der Waals surface area contributed by atoms with E-state index in [1.54, 1.807) is 6.20 Å². The minimum atomic E-state index is -0.239. The van der Waals surface area contributed by atoms with Crippen LogP contribution in [0.3, 0.4) is 0 Å². The number of rotatable bonds is 1. The van der Waals surface area contributed by atoms with Crippen LogP contribution in [0.2, 0.25) is 0 Å². The van der Waals surface area contributed by atoms with Crippen molar-refractivity contribution >= 4 is 11.0 Å². The zero-order chi connectivity index (χ0) is 10.9. The van der Waals surface area contributed by atoms with E-state index in [-0.39, 0.29) is 5.60 Å². The maximum absolute atomic E-state index is 5.64. The second kappa shape index (κ2) is 3.50. The highest BCUT2D eigenvalue weighted by Gasteiger charge is 2.12. The summed E-state index contributed by atoms with van der Waals surface area (Å²) in [6.45, 7) is 5.97. The number of aromatic nitrogens is 2. The van der Waals surface area contributed by atoms with Crippen LogP contribution in [0, 0.1) is 0 Å². The molecule has 3 heteroatoms. The van der Waals surface area contributed by atoms with Crippen molar-refractivity contribution in [2.75, 3.05) is 0 Å². The van der Waals surface area contributed by atoms with Crippen molar-refractivity contribution in [3.05, 3.63) is 30.5 Å². The fraction of sp³-hybridized carbons (Fsp3) is 0.333. The van der Waals surface area contributed by atoms with Crippen molar-refractivity contribution in [3.63, 3.8) is 0 Å². The van der Waals surface area contributed by atoms with Gasteiger partial charge in [0.25, 0.3) is 0 Å². The van der Waals surface area contributed by atoms with Crippen LogP contribution in [-0.4, -0.2) is 15.6 Å². The van der Waals surface area contributed by atoms with Gasteiger partial charge in [-0.05, 0) is 32.9 Å². The topological polar surface area (TPSA) is 35.0 Å². The van der Waals surface area contributed by atoms with Crippen LogP contribution in [0.15, 0.2) is 30.5 Å². The zero-order valence-electron chi connectivity index (χ0n) is 9.19. The van der Waals surface area contributed by atoms with Gasteiger partial charge >= 0.3 is 0 Å². The number of benzene rings is 1. The van der Waals surface area contributed by atoms with Gasteiger partial charge in [0.05, 0.1) is 17.2 Å². The minimum Gasteiger partial charge on any atom is -0.471 e. The van der Waals surface area contributed by atoms with E-state index in [0.29, 0.717) is 5.88 Å². The van der Waals surface area contributed by atoms with Gasteiger partial charge in [0.15, 0.2) is 0 Å². The molecule has 78 valence electrons. The first-order valence-electron chi connectivity index (χ1n) is 4.95. The van der Waals surface area contributed by atoms with Crippen molar-refractivity contribution in [2.24, 2.45) is 0 Å². The van der Waals surface area contributed by atoms with E-state index in [2.05, 4.69) is 9.97 Å². The molecule has 15 heavy (non-hydrogen) atoms. The molecule has 1 aromatic carbocycles. The lowest BCUT2D eigenvalue weighted by atomic mass is 10.2. The first-order valence-corrected chi connectivity index (χ1v) is 4.95. The molecule has 0 unspecified atom stereocenters. The normalized spacial score (nSPS) is 11.7. The van der Waals surface area contributed by atoms with Gasteiger partial charge in [-0.2, -0.15) is 0 Å². The van der Waals surface area contributed by atoms with Crippen LogP contribution in [0.1, 0.15) is 20.8 Å². The average molecular weight is 202 g/mol. The number of ether oxygens (including phenoxy) is 1. The molecule has 1 aromatic heterocycles. The van der Waals surface area contributed by atoms with Gasteiger partial charge in [0.1, 0.15) is 5.60 Å². The number of nitrogens with zero attached hydrogens (tertiary/aromatic N) is 2. The Morgan fingerprint density at radius 1 is 1.07 bits per heavy atom. The molecular weight excluding hydrogens is 188 g/mol. The predicted octanol–water partition coefficient (Wildman–Crippen LogP) is 2.81. The highest BCUT2D eigenvalue weighted by molar-refractivity contribution is 5.73. The molecule has 0 N–H and O–H groups in total. The van der Waals surface area contributed by atoms with Crippen molar-refractivity contribution < 1.29 is 4.74 Å². The molecular formula is C12H14N2O.